The largest absolute Gasteiger partial charge is 0.350 e. The molecule has 26 heavy (non-hydrogen) atoms. The lowest BCUT2D eigenvalue weighted by molar-refractivity contribution is 0.0945. The van der Waals surface area contributed by atoms with E-state index in [-0.39, 0.29) is 5.91 Å². The summed E-state index contributed by atoms with van der Waals surface area (Å²) in [6, 6.07) is 21.9. The lowest BCUT2D eigenvalue weighted by atomic mass is 10.00. The van der Waals surface area contributed by atoms with Crippen LogP contribution in [0.1, 0.15) is 27.2 Å². The second kappa shape index (κ2) is 7.35. The van der Waals surface area contributed by atoms with Crippen molar-refractivity contribution in [3.8, 4) is 0 Å². The third-order valence-electron chi connectivity index (χ3n) is 4.63. The van der Waals surface area contributed by atoms with E-state index >= 15 is 0 Å². The van der Waals surface area contributed by atoms with E-state index in [4.69, 9.17) is 0 Å². The lowest BCUT2D eigenvalue weighted by Crippen LogP contribution is -2.31. The van der Waals surface area contributed by atoms with Crippen LogP contribution in [0.4, 0.5) is 5.82 Å². The summed E-state index contributed by atoms with van der Waals surface area (Å²) in [6.45, 7) is 2.21. The molecule has 0 radical (unpaired) electrons. The molecule has 1 aliphatic heterocycles. The van der Waals surface area contributed by atoms with Crippen LogP contribution in [0.25, 0.3) is 0 Å². The van der Waals surface area contributed by atoms with Crippen molar-refractivity contribution in [3.63, 3.8) is 0 Å². The number of amides is 1. The number of nitrogens with zero attached hydrogens (tertiary/aromatic N) is 3. The molecule has 130 valence electrons. The van der Waals surface area contributed by atoms with Crippen LogP contribution in [-0.4, -0.2) is 22.6 Å². The number of benzene rings is 2. The van der Waals surface area contributed by atoms with Crippen molar-refractivity contribution < 1.29 is 4.79 Å². The van der Waals surface area contributed by atoms with E-state index in [0.717, 1.165) is 30.9 Å². The summed E-state index contributed by atoms with van der Waals surface area (Å²) >= 11 is 0. The fourth-order valence-corrected chi connectivity index (χ4v) is 3.18. The number of hydrogen-bond donors (Lipinski definition) is 1. The Bertz CT molecular complexity index is 893. The second-order valence-electron chi connectivity index (χ2n) is 6.39. The Kier molecular flexibility index (Phi) is 4.60. The number of carbonyl (C=O) groups excluding carboxylic acids is 1. The molecular weight excluding hydrogens is 324 g/mol. The van der Waals surface area contributed by atoms with Gasteiger partial charge in [0.2, 0.25) is 0 Å². The lowest BCUT2D eigenvalue weighted by Gasteiger charge is -2.29. The highest BCUT2D eigenvalue weighted by molar-refractivity contribution is 5.92. The van der Waals surface area contributed by atoms with Gasteiger partial charge in [-0.3, -0.25) is 4.79 Å². The summed E-state index contributed by atoms with van der Waals surface area (Å²) in [5.74, 6) is 0.594. The van der Waals surface area contributed by atoms with Crippen molar-refractivity contribution in [2.45, 2.75) is 19.5 Å². The van der Waals surface area contributed by atoms with Gasteiger partial charge in [-0.25, -0.2) is 0 Å². The van der Waals surface area contributed by atoms with Gasteiger partial charge in [0.05, 0.1) is 0 Å². The van der Waals surface area contributed by atoms with Crippen molar-refractivity contribution in [2.24, 2.45) is 0 Å². The predicted molar refractivity (Wildman–Crippen MR) is 101 cm³/mol. The molecular formula is C21H20N4O. The zero-order chi connectivity index (χ0) is 17.8. The molecule has 1 aliphatic rings. The Morgan fingerprint density at radius 3 is 2.46 bits per heavy atom. The summed E-state index contributed by atoms with van der Waals surface area (Å²) in [5, 5.41) is 11.3. The SMILES string of the molecule is O=C(NCc1ccccc1)c1ccc(N2CCc3ccccc3C2)nn1. The quantitative estimate of drug-likeness (QED) is 0.790. The van der Waals surface area contributed by atoms with Gasteiger partial charge >= 0.3 is 0 Å². The van der Waals surface area contributed by atoms with E-state index in [1.165, 1.54) is 11.1 Å². The van der Waals surface area contributed by atoms with Gasteiger partial charge in [0.1, 0.15) is 0 Å². The van der Waals surface area contributed by atoms with Gasteiger partial charge in [-0.15, -0.1) is 10.2 Å². The smallest absolute Gasteiger partial charge is 0.272 e. The van der Waals surface area contributed by atoms with Crippen LogP contribution < -0.4 is 10.2 Å². The van der Waals surface area contributed by atoms with Crippen LogP contribution in [-0.2, 0) is 19.5 Å². The molecule has 1 amide bonds. The number of aromatic nitrogens is 2. The van der Waals surface area contributed by atoms with Crippen LogP contribution in [0.3, 0.4) is 0 Å². The zero-order valence-corrected chi connectivity index (χ0v) is 14.4. The summed E-state index contributed by atoms with van der Waals surface area (Å²) in [4.78, 5) is 14.4. The summed E-state index contributed by atoms with van der Waals surface area (Å²) < 4.78 is 0. The van der Waals surface area contributed by atoms with E-state index in [2.05, 4.69) is 44.7 Å². The molecule has 0 aliphatic carbocycles. The number of nitrogens with one attached hydrogen (secondary N) is 1. The number of rotatable bonds is 4. The minimum Gasteiger partial charge on any atom is -0.350 e. The molecule has 5 heteroatoms. The average molecular weight is 344 g/mol. The average Bonchev–Trinajstić information content (AvgIpc) is 2.72. The maximum atomic E-state index is 12.2. The van der Waals surface area contributed by atoms with Crippen molar-refractivity contribution in [1.29, 1.82) is 0 Å². The monoisotopic (exact) mass is 344 g/mol. The fourth-order valence-electron chi connectivity index (χ4n) is 3.18. The van der Waals surface area contributed by atoms with Gasteiger partial charge in [-0.1, -0.05) is 54.6 Å². The van der Waals surface area contributed by atoms with Gasteiger partial charge in [0.15, 0.2) is 11.5 Å². The van der Waals surface area contributed by atoms with Crippen LogP contribution in [0.2, 0.25) is 0 Å². The van der Waals surface area contributed by atoms with Gasteiger partial charge in [-0.05, 0) is 35.2 Å². The topological polar surface area (TPSA) is 58.1 Å². The Morgan fingerprint density at radius 2 is 1.69 bits per heavy atom. The number of carbonyl (C=O) groups is 1. The third-order valence-corrected chi connectivity index (χ3v) is 4.63. The van der Waals surface area contributed by atoms with Crippen molar-refractivity contribution in [3.05, 3.63) is 89.1 Å². The molecule has 3 aromatic rings. The van der Waals surface area contributed by atoms with E-state index in [9.17, 15) is 4.79 Å². The Morgan fingerprint density at radius 1 is 0.923 bits per heavy atom. The van der Waals surface area contributed by atoms with E-state index < -0.39 is 0 Å². The Balaban J connectivity index is 1.40. The summed E-state index contributed by atoms with van der Waals surface area (Å²) in [5.41, 5.74) is 4.11. The molecule has 0 unspecified atom stereocenters. The van der Waals surface area contributed by atoms with Crippen molar-refractivity contribution in [2.75, 3.05) is 11.4 Å². The van der Waals surface area contributed by atoms with Crippen LogP contribution in [0, 0.1) is 0 Å². The van der Waals surface area contributed by atoms with Crippen LogP contribution in [0.5, 0.6) is 0 Å². The highest BCUT2D eigenvalue weighted by Crippen LogP contribution is 2.22. The number of anilines is 1. The standard InChI is InChI=1S/C21H20N4O/c26-21(22-14-16-6-2-1-3-7-16)19-10-11-20(24-23-19)25-13-12-17-8-4-5-9-18(17)15-25/h1-11H,12-15H2,(H,22,26). The minimum atomic E-state index is -0.211. The third kappa shape index (κ3) is 3.57. The first kappa shape index (κ1) is 16.3. The molecule has 0 saturated carbocycles. The van der Waals surface area contributed by atoms with Crippen molar-refractivity contribution in [1.82, 2.24) is 15.5 Å². The molecule has 1 aromatic heterocycles. The minimum absolute atomic E-state index is 0.211. The predicted octanol–water partition coefficient (Wildman–Crippen LogP) is 2.97. The fraction of sp³-hybridized carbons (Fsp3) is 0.190. The first-order valence-electron chi connectivity index (χ1n) is 8.77. The molecule has 4 rings (SSSR count). The van der Waals surface area contributed by atoms with Gasteiger partial charge in [0.25, 0.3) is 5.91 Å². The van der Waals surface area contributed by atoms with E-state index in [1.54, 1.807) is 6.07 Å². The van der Waals surface area contributed by atoms with Gasteiger partial charge in [-0.2, -0.15) is 0 Å². The molecule has 1 N–H and O–H groups in total. The molecule has 2 heterocycles. The summed E-state index contributed by atoms with van der Waals surface area (Å²) in [7, 11) is 0. The maximum absolute atomic E-state index is 12.2. The first-order valence-corrected chi connectivity index (χ1v) is 8.77. The first-order chi connectivity index (χ1) is 12.8. The normalized spacial score (nSPS) is 13.2. The highest BCUT2D eigenvalue weighted by atomic mass is 16.1. The van der Waals surface area contributed by atoms with Crippen molar-refractivity contribution >= 4 is 11.7 Å². The van der Waals surface area contributed by atoms with Gasteiger partial charge < -0.3 is 10.2 Å². The van der Waals surface area contributed by atoms with Crippen LogP contribution in [0.15, 0.2) is 66.7 Å². The molecule has 0 bridgehead atoms. The molecule has 2 aromatic carbocycles. The number of hydrogen-bond acceptors (Lipinski definition) is 4. The number of fused-ring (bicyclic) bond motifs is 1. The van der Waals surface area contributed by atoms with Gasteiger partial charge in [0, 0.05) is 19.6 Å². The van der Waals surface area contributed by atoms with E-state index in [1.807, 2.05) is 36.4 Å². The highest BCUT2D eigenvalue weighted by Gasteiger charge is 2.18. The maximum Gasteiger partial charge on any atom is 0.272 e. The molecule has 0 saturated heterocycles. The molecule has 0 spiro atoms. The van der Waals surface area contributed by atoms with E-state index in [0.29, 0.717) is 12.2 Å². The Hall–Kier alpha value is -3.21. The Labute approximate surface area is 152 Å². The molecule has 5 nitrogen and oxygen atoms in total. The summed E-state index contributed by atoms with van der Waals surface area (Å²) in [6.07, 6.45) is 0.997. The van der Waals surface area contributed by atoms with Crippen LogP contribution >= 0.6 is 0 Å². The molecule has 0 atom stereocenters. The zero-order valence-electron chi connectivity index (χ0n) is 14.4. The molecule has 0 fully saturated rings. The second-order valence-corrected chi connectivity index (χ2v) is 6.39.